The van der Waals surface area contributed by atoms with Crippen LogP contribution in [0.4, 0.5) is 0 Å². The van der Waals surface area contributed by atoms with Gasteiger partial charge in [-0.15, -0.1) is 0 Å². The second kappa shape index (κ2) is 5.28. The topological polar surface area (TPSA) is 47.3 Å². The fourth-order valence-corrected chi connectivity index (χ4v) is 2.11. The molecule has 0 aromatic heterocycles. The zero-order chi connectivity index (χ0) is 11.4. The van der Waals surface area contributed by atoms with Gasteiger partial charge in [-0.05, 0) is 38.5 Å². The largest absolute Gasteiger partial charge is 0.381 e. The summed E-state index contributed by atoms with van der Waals surface area (Å²) in [5, 5.41) is 3.51. The van der Waals surface area contributed by atoms with Crippen LogP contribution >= 0.6 is 0 Å². The molecule has 0 aromatic rings. The molecule has 0 aliphatic carbocycles. The first kappa shape index (κ1) is 12.9. The van der Waals surface area contributed by atoms with E-state index in [1.165, 1.54) is 19.3 Å². The van der Waals surface area contributed by atoms with Crippen LogP contribution in [0.5, 0.6) is 0 Å². The summed E-state index contributed by atoms with van der Waals surface area (Å²) in [5.74, 6) is 0. The molecule has 15 heavy (non-hydrogen) atoms. The highest BCUT2D eigenvalue weighted by Gasteiger charge is 2.30. The fourth-order valence-electron chi connectivity index (χ4n) is 2.11. The van der Waals surface area contributed by atoms with Crippen molar-refractivity contribution in [3.8, 4) is 0 Å². The van der Waals surface area contributed by atoms with E-state index >= 15 is 0 Å². The van der Waals surface area contributed by atoms with Crippen LogP contribution in [0.15, 0.2) is 0 Å². The predicted octanol–water partition coefficient (Wildman–Crippen LogP) is 1.52. The summed E-state index contributed by atoms with van der Waals surface area (Å²) in [6.45, 7) is 10.2. The molecule has 0 aromatic carbocycles. The molecule has 0 unspecified atom stereocenters. The van der Waals surface area contributed by atoms with Gasteiger partial charge in [0.1, 0.15) is 0 Å². The summed E-state index contributed by atoms with van der Waals surface area (Å²) in [7, 11) is 0. The minimum absolute atomic E-state index is 0.111. The van der Waals surface area contributed by atoms with E-state index in [-0.39, 0.29) is 5.54 Å². The molecule has 90 valence electrons. The molecule has 0 saturated carbocycles. The molecule has 3 N–H and O–H groups in total. The Kier molecular flexibility index (Phi) is 4.56. The van der Waals surface area contributed by atoms with Crippen molar-refractivity contribution in [1.82, 2.24) is 5.32 Å². The number of hydrogen-bond donors (Lipinski definition) is 2. The molecule has 3 heteroatoms. The highest BCUT2D eigenvalue weighted by Crippen LogP contribution is 2.33. The lowest BCUT2D eigenvalue weighted by atomic mass is 9.78. The van der Waals surface area contributed by atoms with Crippen molar-refractivity contribution in [2.75, 3.05) is 26.3 Å². The van der Waals surface area contributed by atoms with Crippen molar-refractivity contribution in [3.05, 3.63) is 0 Å². The van der Waals surface area contributed by atoms with E-state index in [4.69, 9.17) is 10.5 Å². The molecule has 1 saturated heterocycles. The van der Waals surface area contributed by atoms with Gasteiger partial charge < -0.3 is 15.8 Å². The van der Waals surface area contributed by atoms with Crippen LogP contribution in [-0.4, -0.2) is 31.8 Å². The van der Waals surface area contributed by atoms with Crippen molar-refractivity contribution in [3.63, 3.8) is 0 Å². The van der Waals surface area contributed by atoms with Gasteiger partial charge in [0.25, 0.3) is 0 Å². The molecule has 0 spiro atoms. The van der Waals surface area contributed by atoms with Gasteiger partial charge in [-0.2, -0.15) is 0 Å². The third-order valence-corrected chi connectivity index (χ3v) is 3.38. The Bertz CT molecular complexity index is 181. The first-order chi connectivity index (χ1) is 6.97. The molecular weight excluding hydrogens is 188 g/mol. The maximum Gasteiger partial charge on any atom is 0.0471 e. The lowest BCUT2D eigenvalue weighted by molar-refractivity contribution is 0.0125. The minimum Gasteiger partial charge on any atom is -0.381 e. The molecular formula is C12H26N2O. The summed E-state index contributed by atoms with van der Waals surface area (Å²) in [5.41, 5.74) is 6.29. The van der Waals surface area contributed by atoms with E-state index in [1.54, 1.807) is 0 Å². The molecule has 1 aliphatic heterocycles. The molecule has 0 atom stereocenters. The maximum absolute atomic E-state index is 5.95. The van der Waals surface area contributed by atoms with Gasteiger partial charge >= 0.3 is 0 Å². The third-order valence-electron chi connectivity index (χ3n) is 3.38. The van der Waals surface area contributed by atoms with Gasteiger partial charge in [-0.3, -0.25) is 0 Å². The van der Waals surface area contributed by atoms with E-state index in [1.807, 2.05) is 0 Å². The number of nitrogens with one attached hydrogen (secondary N) is 1. The number of nitrogens with two attached hydrogens (primary N) is 1. The summed E-state index contributed by atoms with van der Waals surface area (Å²) in [6, 6.07) is 0. The van der Waals surface area contributed by atoms with Gasteiger partial charge in [-0.25, -0.2) is 0 Å². The van der Waals surface area contributed by atoms with Crippen LogP contribution < -0.4 is 11.1 Å². The zero-order valence-electron chi connectivity index (χ0n) is 10.4. The highest BCUT2D eigenvalue weighted by molar-refractivity contribution is 4.84. The monoisotopic (exact) mass is 214 g/mol. The van der Waals surface area contributed by atoms with Gasteiger partial charge in [0.15, 0.2) is 0 Å². The minimum atomic E-state index is -0.111. The predicted molar refractivity (Wildman–Crippen MR) is 63.9 cm³/mol. The fraction of sp³-hybridized carbons (Fsp3) is 1.00. The first-order valence-corrected chi connectivity index (χ1v) is 6.05. The molecule has 0 radical (unpaired) electrons. The summed E-state index contributed by atoms with van der Waals surface area (Å²) in [6.07, 6.45) is 3.59. The number of hydrogen-bond acceptors (Lipinski definition) is 3. The van der Waals surface area contributed by atoms with Crippen LogP contribution in [0, 0.1) is 5.41 Å². The standard InChI is InChI=1S/C12H26N2O/c1-4-12(5-7-15-8-6-12)10-14-9-11(2,3)13/h14H,4-10,13H2,1-3H3. The van der Waals surface area contributed by atoms with Crippen LogP contribution in [0.3, 0.4) is 0 Å². The Morgan fingerprint density at radius 3 is 2.40 bits per heavy atom. The van der Waals surface area contributed by atoms with Gasteiger partial charge in [0.05, 0.1) is 0 Å². The summed E-state index contributed by atoms with van der Waals surface area (Å²) < 4.78 is 5.42. The van der Waals surface area contributed by atoms with Crippen LogP contribution in [0.2, 0.25) is 0 Å². The van der Waals surface area contributed by atoms with E-state index in [2.05, 4.69) is 26.1 Å². The quantitative estimate of drug-likeness (QED) is 0.729. The molecule has 1 fully saturated rings. The van der Waals surface area contributed by atoms with Crippen molar-refractivity contribution in [1.29, 1.82) is 0 Å². The average molecular weight is 214 g/mol. The Balaban J connectivity index is 2.33. The molecule has 1 aliphatic rings. The molecule has 1 heterocycles. The number of rotatable bonds is 5. The normalized spacial score (nSPS) is 21.6. The molecule has 0 bridgehead atoms. The van der Waals surface area contributed by atoms with Gasteiger partial charge in [0, 0.05) is 31.8 Å². The van der Waals surface area contributed by atoms with Crippen LogP contribution in [0.25, 0.3) is 0 Å². The average Bonchev–Trinajstić information content (AvgIpc) is 2.17. The first-order valence-electron chi connectivity index (χ1n) is 6.05. The lowest BCUT2D eigenvalue weighted by Crippen LogP contribution is -2.47. The molecule has 3 nitrogen and oxygen atoms in total. The van der Waals surface area contributed by atoms with E-state index in [0.717, 1.165) is 26.3 Å². The SMILES string of the molecule is CCC1(CNCC(C)(C)N)CCOCC1. The van der Waals surface area contributed by atoms with Gasteiger partial charge in [0.2, 0.25) is 0 Å². The Labute approximate surface area is 93.8 Å². The van der Waals surface area contributed by atoms with E-state index < -0.39 is 0 Å². The van der Waals surface area contributed by atoms with Crippen molar-refractivity contribution >= 4 is 0 Å². The maximum atomic E-state index is 5.95. The Morgan fingerprint density at radius 2 is 1.93 bits per heavy atom. The van der Waals surface area contributed by atoms with Crippen molar-refractivity contribution in [2.24, 2.45) is 11.1 Å². The van der Waals surface area contributed by atoms with E-state index in [9.17, 15) is 0 Å². The summed E-state index contributed by atoms with van der Waals surface area (Å²) in [4.78, 5) is 0. The highest BCUT2D eigenvalue weighted by atomic mass is 16.5. The van der Waals surface area contributed by atoms with Crippen molar-refractivity contribution < 1.29 is 4.74 Å². The van der Waals surface area contributed by atoms with E-state index in [0.29, 0.717) is 5.41 Å². The molecule has 1 rings (SSSR count). The second-order valence-corrected chi connectivity index (χ2v) is 5.56. The zero-order valence-corrected chi connectivity index (χ0v) is 10.4. The smallest absolute Gasteiger partial charge is 0.0471 e. The third kappa shape index (κ3) is 4.49. The van der Waals surface area contributed by atoms with Gasteiger partial charge in [-0.1, -0.05) is 6.92 Å². The molecule has 0 amide bonds. The summed E-state index contributed by atoms with van der Waals surface area (Å²) >= 11 is 0. The second-order valence-electron chi connectivity index (χ2n) is 5.56. The van der Waals surface area contributed by atoms with Crippen LogP contribution in [-0.2, 0) is 4.74 Å². The van der Waals surface area contributed by atoms with Crippen molar-refractivity contribution in [2.45, 2.75) is 45.6 Å². The lowest BCUT2D eigenvalue weighted by Gasteiger charge is -2.37. The van der Waals surface area contributed by atoms with Crippen LogP contribution in [0.1, 0.15) is 40.0 Å². The number of ether oxygens (including phenoxy) is 1. The Hall–Kier alpha value is -0.120. The Morgan fingerprint density at radius 1 is 1.33 bits per heavy atom.